The van der Waals surface area contributed by atoms with Crippen LogP contribution in [0.3, 0.4) is 0 Å². The molecule has 2 rings (SSSR count). The van der Waals surface area contributed by atoms with E-state index in [1.54, 1.807) is 30.8 Å². The highest BCUT2D eigenvalue weighted by atomic mass is 32.2. The number of carboxylic acid groups (broad SMARTS) is 1. The Labute approximate surface area is 231 Å². The SMILES string of the molecule is CCC(C)C(NC(=O)C(Cc1cnc[nH]1)NC(=O)C(Cc1ccc(O)cc1)NC(=O)C(N)CCSC)C(=O)O. The number of thioether (sulfide) groups is 1. The number of carbonyl (C=O) groups excluding carboxylic acids is 3. The molecule has 0 spiro atoms. The molecule has 5 unspecified atom stereocenters. The molecule has 0 aliphatic rings. The molecular weight excluding hydrogens is 524 g/mol. The number of carbonyl (C=O) groups is 4. The zero-order chi connectivity index (χ0) is 28.9. The number of phenolic OH excluding ortho intramolecular Hbond substituents is 1. The van der Waals surface area contributed by atoms with Crippen molar-refractivity contribution in [3.8, 4) is 5.75 Å². The summed E-state index contributed by atoms with van der Waals surface area (Å²) >= 11 is 1.54. The fourth-order valence-electron chi connectivity index (χ4n) is 3.77. The summed E-state index contributed by atoms with van der Waals surface area (Å²) in [5.74, 6) is -2.66. The summed E-state index contributed by atoms with van der Waals surface area (Å²) in [5.41, 5.74) is 7.21. The Morgan fingerprint density at radius 2 is 1.64 bits per heavy atom. The zero-order valence-electron chi connectivity index (χ0n) is 22.3. The number of hydrogen-bond donors (Lipinski definition) is 7. The van der Waals surface area contributed by atoms with Crippen molar-refractivity contribution in [1.29, 1.82) is 0 Å². The van der Waals surface area contributed by atoms with E-state index in [9.17, 15) is 29.4 Å². The third-order valence-corrected chi connectivity index (χ3v) is 7.01. The second kappa shape index (κ2) is 15.7. The van der Waals surface area contributed by atoms with Crippen LogP contribution >= 0.6 is 11.8 Å². The number of nitrogens with zero attached hydrogens (tertiary/aromatic N) is 1. The third-order valence-electron chi connectivity index (χ3n) is 6.37. The summed E-state index contributed by atoms with van der Waals surface area (Å²) in [6.45, 7) is 3.53. The van der Waals surface area contributed by atoms with Gasteiger partial charge in [0.05, 0.1) is 12.4 Å². The van der Waals surface area contributed by atoms with E-state index in [0.29, 0.717) is 29.9 Å². The number of aromatic nitrogens is 2. The lowest BCUT2D eigenvalue weighted by Gasteiger charge is -2.26. The van der Waals surface area contributed by atoms with Crippen LogP contribution < -0.4 is 21.7 Å². The maximum atomic E-state index is 13.5. The maximum Gasteiger partial charge on any atom is 0.326 e. The minimum atomic E-state index is -1.18. The van der Waals surface area contributed by atoms with Crippen molar-refractivity contribution in [1.82, 2.24) is 25.9 Å². The van der Waals surface area contributed by atoms with E-state index in [0.717, 1.165) is 0 Å². The molecule has 0 radical (unpaired) electrons. The van der Waals surface area contributed by atoms with Crippen LogP contribution in [0.1, 0.15) is 37.9 Å². The van der Waals surface area contributed by atoms with Gasteiger partial charge in [-0.15, -0.1) is 0 Å². The number of H-pyrrole nitrogens is 1. The van der Waals surface area contributed by atoms with Gasteiger partial charge in [-0.1, -0.05) is 32.4 Å². The van der Waals surface area contributed by atoms with Crippen LogP contribution in [0.15, 0.2) is 36.8 Å². The molecule has 1 heterocycles. The fourth-order valence-corrected chi connectivity index (χ4v) is 4.26. The van der Waals surface area contributed by atoms with E-state index in [-0.39, 0.29) is 24.5 Å². The van der Waals surface area contributed by atoms with Gasteiger partial charge in [0.2, 0.25) is 17.7 Å². The summed E-state index contributed by atoms with van der Waals surface area (Å²) < 4.78 is 0. The van der Waals surface area contributed by atoms with Crippen molar-refractivity contribution < 1.29 is 29.4 Å². The highest BCUT2D eigenvalue weighted by molar-refractivity contribution is 7.98. The van der Waals surface area contributed by atoms with Crippen molar-refractivity contribution in [2.24, 2.45) is 11.7 Å². The summed E-state index contributed by atoms with van der Waals surface area (Å²) in [6, 6.07) is 1.94. The van der Waals surface area contributed by atoms with Gasteiger partial charge in [-0.25, -0.2) is 9.78 Å². The van der Waals surface area contributed by atoms with Gasteiger partial charge < -0.3 is 36.9 Å². The maximum absolute atomic E-state index is 13.5. The van der Waals surface area contributed by atoms with Crippen LogP contribution in [0.5, 0.6) is 5.75 Å². The Hall–Kier alpha value is -3.58. The second-order valence-electron chi connectivity index (χ2n) is 9.37. The Kier molecular flexibility index (Phi) is 12.8. The smallest absolute Gasteiger partial charge is 0.326 e. The molecule has 0 saturated carbocycles. The topological polar surface area (TPSA) is 200 Å². The normalized spacial score (nSPS) is 14.9. The van der Waals surface area contributed by atoms with Gasteiger partial charge in [0.25, 0.3) is 0 Å². The van der Waals surface area contributed by atoms with E-state index in [2.05, 4.69) is 25.9 Å². The molecule has 5 atom stereocenters. The Balaban J connectivity index is 2.28. The van der Waals surface area contributed by atoms with Crippen LogP contribution in [-0.4, -0.2) is 80.0 Å². The van der Waals surface area contributed by atoms with Crippen LogP contribution in [0, 0.1) is 5.92 Å². The van der Waals surface area contributed by atoms with Crippen molar-refractivity contribution in [2.45, 2.75) is 63.7 Å². The van der Waals surface area contributed by atoms with Crippen LogP contribution in [0.25, 0.3) is 0 Å². The molecule has 12 nitrogen and oxygen atoms in total. The Morgan fingerprint density at radius 3 is 2.21 bits per heavy atom. The van der Waals surface area contributed by atoms with Crippen molar-refractivity contribution in [2.75, 3.05) is 12.0 Å². The summed E-state index contributed by atoms with van der Waals surface area (Å²) in [4.78, 5) is 58.1. The highest BCUT2D eigenvalue weighted by Gasteiger charge is 2.32. The number of rotatable bonds is 16. The average Bonchev–Trinajstić information content (AvgIpc) is 3.43. The number of imidazole rings is 1. The lowest BCUT2D eigenvalue weighted by atomic mass is 9.98. The molecule has 39 heavy (non-hydrogen) atoms. The Morgan fingerprint density at radius 1 is 1.03 bits per heavy atom. The monoisotopic (exact) mass is 562 g/mol. The van der Waals surface area contributed by atoms with E-state index in [4.69, 9.17) is 5.73 Å². The number of aromatic amines is 1. The van der Waals surface area contributed by atoms with Gasteiger partial charge in [0, 0.05) is 24.7 Å². The zero-order valence-corrected chi connectivity index (χ0v) is 23.2. The Bertz CT molecular complexity index is 1080. The molecule has 0 bridgehead atoms. The second-order valence-corrected chi connectivity index (χ2v) is 10.4. The van der Waals surface area contributed by atoms with Crippen molar-refractivity contribution in [3.05, 3.63) is 48.0 Å². The van der Waals surface area contributed by atoms with E-state index in [1.165, 1.54) is 24.7 Å². The molecule has 8 N–H and O–H groups in total. The van der Waals surface area contributed by atoms with Gasteiger partial charge in [0.1, 0.15) is 23.9 Å². The minimum absolute atomic E-state index is 0.0114. The van der Waals surface area contributed by atoms with E-state index < -0.39 is 47.9 Å². The molecule has 2 aromatic rings. The van der Waals surface area contributed by atoms with Gasteiger partial charge in [-0.3, -0.25) is 14.4 Å². The lowest BCUT2D eigenvalue weighted by Crippen LogP contribution is -2.58. The number of hydrogen-bond acceptors (Lipinski definition) is 8. The lowest BCUT2D eigenvalue weighted by molar-refractivity contribution is -0.143. The van der Waals surface area contributed by atoms with Gasteiger partial charge in [-0.05, 0) is 42.0 Å². The number of nitrogens with two attached hydrogens (primary N) is 1. The molecule has 0 fully saturated rings. The first-order valence-corrected chi connectivity index (χ1v) is 14.1. The predicted molar refractivity (Wildman–Crippen MR) is 148 cm³/mol. The number of carboxylic acids is 1. The molecule has 3 amide bonds. The number of aromatic hydroxyl groups is 1. The first-order valence-electron chi connectivity index (χ1n) is 12.7. The standard InChI is InChI=1S/C26H38N6O6S/c1-4-15(2)22(26(37)38)32-25(36)21(12-17-13-28-14-29-17)31-24(35)20(11-16-5-7-18(33)8-6-16)30-23(34)19(27)9-10-39-3/h5-8,13-15,19-22,33H,4,9-12,27H2,1-3H3,(H,28,29)(H,30,34)(H,31,35)(H,32,36)(H,37,38). The number of nitrogens with one attached hydrogen (secondary N) is 4. The largest absolute Gasteiger partial charge is 0.508 e. The molecule has 0 aliphatic heterocycles. The number of aliphatic carboxylic acids is 1. The first-order chi connectivity index (χ1) is 18.5. The third kappa shape index (κ3) is 10.2. The van der Waals surface area contributed by atoms with E-state index >= 15 is 0 Å². The quantitative estimate of drug-likeness (QED) is 0.153. The fraction of sp³-hybridized carbons (Fsp3) is 0.500. The van der Waals surface area contributed by atoms with Crippen LogP contribution in [-0.2, 0) is 32.0 Å². The molecule has 1 aromatic carbocycles. The number of benzene rings is 1. The predicted octanol–water partition coefficient (Wildman–Crippen LogP) is 0.566. The first kappa shape index (κ1) is 31.6. The van der Waals surface area contributed by atoms with Gasteiger partial charge in [-0.2, -0.15) is 11.8 Å². The average molecular weight is 563 g/mol. The number of phenols is 1. The molecule has 13 heteroatoms. The van der Waals surface area contributed by atoms with Crippen LogP contribution in [0.2, 0.25) is 0 Å². The molecule has 0 aliphatic carbocycles. The molecule has 214 valence electrons. The summed E-state index contributed by atoms with van der Waals surface area (Å²) in [5, 5.41) is 27.1. The number of amides is 3. The molecule has 1 aromatic heterocycles. The highest BCUT2D eigenvalue weighted by Crippen LogP contribution is 2.13. The van der Waals surface area contributed by atoms with Gasteiger partial charge >= 0.3 is 5.97 Å². The molecule has 0 saturated heterocycles. The summed E-state index contributed by atoms with van der Waals surface area (Å²) in [7, 11) is 0. The summed E-state index contributed by atoms with van der Waals surface area (Å²) in [6.07, 6.45) is 5.83. The van der Waals surface area contributed by atoms with Crippen LogP contribution in [0.4, 0.5) is 0 Å². The van der Waals surface area contributed by atoms with Gasteiger partial charge in [0.15, 0.2) is 0 Å². The minimum Gasteiger partial charge on any atom is -0.508 e. The van der Waals surface area contributed by atoms with Crippen molar-refractivity contribution in [3.63, 3.8) is 0 Å². The molecular formula is C26H38N6O6S. The van der Waals surface area contributed by atoms with Crippen molar-refractivity contribution >= 4 is 35.5 Å². The van der Waals surface area contributed by atoms with E-state index in [1.807, 2.05) is 13.2 Å².